The van der Waals surface area contributed by atoms with Crippen LogP contribution in [0.1, 0.15) is 113 Å². The SMILES string of the molecule is COC1CCC2(C)C3CCC4(C)C(CCC4[C@H](C)CCC=C(C)C)C3CCC2C1(C)C. The maximum absolute atomic E-state index is 6.01. The Morgan fingerprint density at radius 3 is 2.26 bits per heavy atom. The Kier molecular flexibility index (Phi) is 6.53. The summed E-state index contributed by atoms with van der Waals surface area (Å²) in [6.07, 6.45) is 17.2. The normalized spacial score (nSPS) is 47.1. The van der Waals surface area contributed by atoms with Crippen molar-refractivity contribution in [3.8, 4) is 0 Å². The summed E-state index contributed by atoms with van der Waals surface area (Å²) in [6.45, 7) is 17.6. The molecule has 0 aliphatic heterocycles. The van der Waals surface area contributed by atoms with Crippen molar-refractivity contribution in [1.82, 2.24) is 0 Å². The molecule has 0 bridgehead atoms. The van der Waals surface area contributed by atoms with Crippen LogP contribution in [0.5, 0.6) is 0 Å². The van der Waals surface area contributed by atoms with Gasteiger partial charge in [-0.15, -0.1) is 0 Å². The first kappa shape index (κ1) is 23.8. The van der Waals surface area contributed by atoms with Crippen LogP contribution < -0.4 is 0 Å². The van der Waals surface area contributed by atoms with E-state index in [0.29, 0.717) is 22.3 Å². The van der Waals surface area contributed by atoms with E-state index in [-0.39, 0.29) is 0 Å². The molecule has 4 saturated carbocycles. The fraction of sp³-hybridized carbons (Fsp3) is 0.933. The summed E-state index contributed by atoms with van der Waals surface area (Å²) in [5.41, 5.74) is 2.95. The van der Waals surface area contributed by atoms with Gasteiger partial charge in [0.2, 0.25) is 0 Å². The lowest BCUT2D eigenvalue weighted by atomic mass is 9.41. The Hall–Kier alpha value is -0.300. The Balaban J connectivity index is 1.52. The smallest absolute Gasteiger partial charge is 0.0625 e. The fourth-order valence-electron chi connectivity index (χ4n) is 10.3. The molecule has 178 valence electrons. The van der Waals surface area contributed by atoms with Crippen LogP contribution in [0.3, 0.4) is 0 Å². The van der Waals surface area contributed by atoms with Crippen molar-refractivity contribution >= 4 is 0 Å². The molecule has 0 heterocycles. The Labute approximate surface area is 194 Å². The molecule has 0 N–H and O–H groups in total. The van der Waals surface area contributed by atoms with E-state index in [2.05, 4.69) is 54.5 Å². The zero-order chi connectivity index (χ0) is 22.6. The third-order valence-corrected chi connectivity index (χ3v) is 11.8. The predicted molar refractivity (Wildman–Crippen MR) is 133 cm³/mol. The molecule has 4 aliphatic carbocycles. The molecular weight excluding hydrogens is 376 g/mol. The van der Waals surface area contributed by atoms with Crippen LogP contribution in [0, 0.1) is 51.8 Å². The minimum absolute atomic E-state index is 0.325. The Morgan fingerprint density at radius 1 is 0.903 bits per heavy atom. The van der Waals surface area contributed by atoms with Crippen molar-refractivity contribution in [1.29, 1.82) is 0 Å². The highest BCUT2D eigenvalue weighted by Crippen LogP contribution is 2.70. The number of hydrogen-bond acceptors (Lipinski definition) is 1. The first-order valence-corrected chi connectivity index (χ1v) is 13.7. The minimum Gasteiger partial charge on any atom is -0.381 e. The molecule has 4 aliphatic rings. The summed E-state index contributed by atoms with van der Waals surface area (Å²) in [7, 11) is 1.95. The molecule has 0 aromatic carbocycles. The average molecular weight is 429 g/mol. The number of fused-ring (bicyclic) bond motifs is 5. The zero-order valence-electron chi connectivity index (χ0n) is 22.1. The lowest BCUT2D eigenvalue weighted by molar-refractivity contribution is -0.185. The number of rotatable bonds is 5. The van der Waals surface area contributed by atoms with Crippen LogP contribution in [-0.4, -0.2) is 13.2 Å². The molecule has 0 amide bonds. The topological polar surface area (TPSA) is 9.23 Å². The summed E-state index contributed by atoms with van der Waals surface area (Å²) in [6, 6.07) is 0. The third kappa shape index (κ3) is 3.77. The molecule has 0 spiro atoms. The molecule has 0 radical (unpaired) electrons. The maximum Gasteiger partial charge on any atom is 0.0625 e. The molecule has 4 rings (SSSR count). The number of methoxy groups -OCH3 is 1. The van der Waals surface area contributed by atoms with Gasteiger partial charge in [0.1, 0.15) is 0 Å². The molecule has 1 nitrogen and oxygen atoms in total. The number of hydrogen-bond donors (Lipinski definition) is 0. The van der Waals surface area contributed by atoms with Gasteiger partial charge in [-0.05, 0) is 130 Å². The molecule has 31 heavy (non-hydrogen) atoms. The van der Waals surface area contributed by atoms with Gasteiger partial charge in [0, 0.05) is 7.11 Å². The number of allylic oxidation sites excluding steroid dienone is 2. The lowest BCUT2D eigenvalue weighted by Crippen LogP contribution is -2.59. The first-order chi connectivity index (χ1) is 14.6. The van der Waals surface area contributed by atoms with E-state index < -0.39 is 0 Å². The van der Waals surface area contributed by atoms with Crippen molar-refractivity contribution in [2.24, 2.45) is 51.8 Å². The van der Waals surface area contributed by atoms with Crippen LogP contribution in [0.25, 0.3) is 0 Å². The van der Waals surface area contributed by atoms with Crippen molar-refractivity contribution < 1.29 is 4.74 Å². The summed E-state index contributed by atoms with van der Waals surface area (Å²) in [5.74, 6) is 5.61. The van der Waals surface area contributed by atoms with Gasteiger partial charge >= 0.3 is 0 Å². The second-order valence-electron chi connectivity index (χ2n) is 13.7. The summed E-state index contributed by atoms with van der Waals surface area (Å²) < 4.78 is 6.01. The predicted octanol–water partition coefficient (Wildman–Crippen LogP) is 8.68. The van der Waals surface area contributed by atoms with Crippen LogP contribution in [0.4, 0.5) is 0 Å². The Morgan fingerprint density at radius 2 is 1.58 bits per heavy atom. The third-order valence-electron chi connectivity index (χ3n) is 11.8. The van der Waals surface area contributed by atoms with Gasteiger partial charge in [0.05, 0.1) is 6.10 Å². The summed E-state index contributed by atoms with van der Waals surface area (Å²) in [5, 5.41) is 0. The van der Waals surface area contributed by atoms with E-state index in [1.54, 1.807) is 0 Å². The fourth-order valence-corrected chi connectivity index (χ4v) is 10.3. The lowest BCUT2D eigenvalue weighted by Gasteiger charge is -2.65. The highest BCUT2D eigenvalue weighted by Gasteiger charge is 2.63. The van der Waals surface area contributed by atoms with Crippen molar-refractivity contribution in [2.45, 2.75) is 119 Å². The summed E-state index contributed by atoms with van der Waals surface area (Å²) >= 11 is 0. The highest BCUT2D eigenvalue weighted by molar-refractivity contribution is 5.12. The van der Waals surface area contributed by atoms with Gasteiger partial charge in [-0.25, -0.2) is 0 Å². The molecular formula is C30H52O. The highest BCUT2D eigenvalue weighted by atomic mass is 16.5. The van der Waals surface area contributed by atoms with E-state index in [1.165, 1.54) is 69.8 Å². The van der Waals surface area contributed by atoms with Crippen LogP contribution >= 0.6 is 0 Å². The zero-order valence-corrected chi connectivity index (χ0v) is 22.1. The largest absolute Gasteiger partial charge is 0.381 e. The standard InChI is InChI=1S/C30H52O/c1-20(2)10-9-11-21(3)23-13-14-24-22-12-15-26-28(4,5)27(31-8)17-19-30(26,7)25(22)16-18-29(23,24)6/h10,21-27H,9,11-19H2,1-8H3/t21-,22?,23?,24?,25?,26?,27?,29?,30?/m1/s1. The van der Waals surface area contributed by atoms with Gasteiger partial charge in [0.25, 0.3) is 0 Å². The molecule has 0 saturated heterocycles. The van der Waals surface area contributed by atoms with Gasteiger partial charge in [0.15, 0.2) is 0 Å². The molecule has 4 fully saturated rings. The van der Waals surface area contributed by atoms with Crippen LogP contribution in [0.2, 0.25) is 0 Å². The first-order valence-electron chi connectivity index (χ1n) is 13.7. The molecule has 9 atom stereocenters. The van der Waals surface area contributed by atoms with Crippen molar-refractivity contribution in [2.75, 3.05) is 7.11 Å². The maximum atomic E-state index is 6.01. The molecule has 0 aromatic heterocycles. The quantitative estimate of drug-likeness (QED) is 0.398. The van der Waals surface area contributed by atoms with Gasteiger partial charge in [-0.1, -0.05) is 46.3 Å². The average Bonchev–Trinajstić information content (AvgIpc) is 3.04. The van der Waals surface area contributed by atoms with E-state index in [0.717, 1.165) is 35.5 Å². The number of ether oxygens (including phenoxy) is 1. The molecule has 8 unspecified atom stereocenters. The van der Waals surface area contributed by atoms with E-state index in [4.69, 9.17) is 4.74 Å². The van der Waals surface area contributed by atoms with E-state index in [1.807, 2.05) is 7.11 Å². The second-order valence-corrected chi connectivity index (χ2v) is 13.7. The minimum atomic E-state index is 0.325. The monoisotopic (exact) mass is 428 g/mol. The van der Waals surface area contributed by atoms with Crippen LogP contribution in [-0.2, 0) is 4.74 Å². The van der Waals surface area contributed by atoms with E-state index in [9.17, 15) is 0 Å². The summed E-state index contributed by atoms with van der Waals surface area (Å²) in [4.78, 5) is 0. The van der Waals surface area contributed by atoms with Gasteiger partial charge in [-0.3, -0.25) is 0 Å². The van der Waals surface area contributed by atoms with E-state index >= 15 is 0 Å². The Bertz CT molecular complexity index is 672. The van der Waals surface area contributed by atoms with Crippen molar-refractivity contribution in [3.63, 3.8) is 0 Å². The van der Waals surface area contributed by atoms with Gasteiger partial charge in [-0.2, -0.15) is 0 Å². The van der Waals surface area contributed by atoms with Crippen molar-refractivity contribution in [3.05, 3.63) is 11.6 Å². The van der Waals surface area contributed by atoms with Gasteiger partial charge < -0.3 is 4.74 Å². The molecule has 1 heteroatoms. The van der Waals surface area contributed by atoms with Crippen LogP contribution in [0.15, 0.2) is 11.6 Å². The molecule has 0 aromatic rings. The second kappa shape index (κ2) is 8.48.